The molecule has 1 unspecified atom stereocenters. The molecule has 200 valence electrons. The van der Waals surface area contributed by atoms with Gasteiger partial charge in [-0.1, -0.05) is 51.0 Å². The molecule has 6 nitrogen and oxygen atoms in total. The maximum Gasteiger partial charge on any atom is 0.287 e. The Morgan fingerprint density at radius 3 is 2.00 bits per heavy atom. The minimum absolute atomic E-state index is 0.161. The Morgan fingerprint density at radius 2 is 1.39 bits per heavy atom. The largest absolute Gasteiger partial charge is 0.493 e. The van der Waals surface area contributed by atoms with Gasteiger partial charge in [-0.05, 0) is 84.8 Å². The average Bonchev–Trinajstić information content (AvgIpc) is 3.26. The number of benzene rings is 3. The lowest BCUT2D eigenvalue weighted by Crippen LogP contribution is -2.20. The summed E-state index contributed by atoms with van der Waals surface area (Å²) in [6.07, 6.45) is 5.49. The van der Waals surface area contributed by atoms with Crippen LogP contribution in [0.3, 0.4) is 0 Å². The van der Waals surface area contributed by atoms with Crippen molar-refractivity contribution in [3.05, 3.63) is 83.4 Å². The van der Waals surface area contributed by atoms with Crippen molar-refractivity contribution in [3.63, 3.8) is 0 Å². The van der Waals surface area contributed by atoms with E-state index in [-0.39, 0.29) is 10.4 Å². The zero-order valence-corrected chi connectivity index (χ0v) is 22.9. The first-order valence-electron chi connectivity index (χ1n) is 13.3. The highest BCUT2D eigenvalue weighted by Crippen LogP contribution is 2.32. The quantitative estimate of drug-likeness (QED) is 0.215. The lowest BCUT2D eigenvalue weighted by molar-refractivity contribution is -0.112. The highest BCUT2D eigenvalue weighted by atomic mass is 32.2. The Morgan fingerprint density at radius 1 is 0.763 bits per heavy atom. The van der Waals surface area contributed by atoms with Crippen molar-refractivity contribution in [1.82, 2.24) is 5.32 Å². The molecule has 1 amide bonds. The molecule has 0 spiro atoms. The van der Waals surface area contributed by atoms with Crippen LogP contribution in [-0.4, -0.2) is 23.6 Å². The Hall–Kier alpha value is -3.45. The number of carbonyl (C=O) groups is 2. The molecule has 1 N–H and O–H groups in total. The number of para-hydroxylation sites is 1. The number of hydrogen-bond donors (Lipinski definition) is 1. The minimum atomic E-state index is -0.578. The fraction of sp³-hybridized carbons (Fsp3) is 0.355. The van der Waals surface area contributed by atoms with Crippen LogP contribution in [0.2, 0.25) is 0 Å². The number of unbranched alkanes of at least 4 members (excludes halogenated alkanes) is 1. The lowest BCUT2D eigenvalue weighted by atomic mass is 10.0. The van der Waals surface area contributed by atoms with E-state index in [4.69, 9.17) is 14.2 Å². The smallest absolute Gasteiger partial charge is 0.287 e. The summed E-state index contributed by atoms with van der Waals surface area (Å²) < 4.78 is 18.2. The lowest BCUT2D eigenvalue weighted by Gasteiger charge is -2.16. The number of nitrogens with one attached hydrogen (secondary N) is 1. The third kappa shape index (κ3) is 7.54. The molecule has 7 heteroatoms. The third-order valence-electron chi connectivity index (χ3n) is 6.21. The van der Waals surface area contributed by atoms with Crippen molar-refractivity contribution in [2.75, 3.05) is 13.2 Å². The van der Waals surface area contributed by atoms with Crippen LogP contribution in [0.15, 0.2) is 66.7 Å². The highest BCUT2D eigenvalue weighted by Gasteiger charge is 2.32. The van der Waals surface area contributed by atoms with Gasteiger partial charge in [0, 0.05) is 11.8 Å². The maximum atomic E-state index is 12.1. The van der Waals surface area contributed by atoms with E-state index < -0.39 is 6.04 Å². The Balaban J connectivity index is 1.26. The maximum absolute atomic E-state index is 12.1. The van der Waals surface area contributed by atoms with E-state index in [2.05, 4.69) is 25.2 Å². The summed E-state index contributed by atoms with van der Waals surface area (Å²) in [7, 11) is 0. The van der Waals surface area contributed by atoms with Crippen LogP contribution >= 0.6 is 11.8 Å². The molecular weight excluding hydrogens is 498 g/mol. The standard InChI is InChI=1S/C31H35NO5S/c1-3-10-22-20-24(29-30(33)38-31(34)32-29)14-16-27(22)35-18-8-9-19-36-28-17-15-26(21-23(28)11-4-2)37-25-12-6-5-7-13-25/h5-7,12-17,20-21,29H,3-4,8-11,18-19H2,1-2H3,(H,32,34). The van der Waals surface area contributed by atoms with Gasteiger partial charge in [-0.15, -0.1) is 0 Å². The number of ether oxygens (including phenoxy) is 3. The van der Waals surface area contributed by atoms with E-state index in [1.807, 2.05) is 60.7 Å². The van der Waals surface area contributed by atoms with E-state index in [1.54, 1.807) is 0 Å². The first kappa shape index (κ1) is 27.6. The summed E-state index contributed by atoms with van der Waals surface area (Å²) in [5.41, 5.74) is 3.01. The van der Waals surface area contributed by atoms with Crippen LogP contribution in [-0.2, 0) is 17.6 Å². The van der Waals surface area contributed by atoms with E-state index in [0.717, 1.165) is 90.0 Å². The van der Waals surface area contributed by atoms with E-state index in [0.29, 0.717) is 13.2 Å². The van der Waals surface area contributed by atoms with E-state index >= 15 is 0 Å². The fourth-order valence-corrected chi connectivity index (χ4v) is 5.05. The molecular formula is C31H35NO5S. The molecule has 0 bridgehead atoms. The normalized spacial score (nSPS) is 14.8. The van der Waals surface area contributed by atoms with E-state index in [9.17, 15) is 9.59 Å². The number of carbonyl (C=O) groups excluding carboxylic acids is 2. The van der Waals surface area contributed by atoms with Crippen molar-refractivity contribution >= 4 is 22.1 Å². The molecule has 3 aromatic rings. The second kappa shape index (κ2) is 13.9. The average molecular weight is 534 g/mol. The topological polar surface area (TPSA) is 73.9 Å². The van der Waals surface area contributed by atoms with Gasteiger partial charge < -0.3 is 19.5 Å². The van der Waals surface area contributed by atoms with Gasteiger partial charge in [0.05, 0.1) is 13.2 Å². The Bertz CT molecular complexity index is 1230. The van der Waals surface area contributed by atoms with Crippen molar-refractivity contribution < 1.29 is 23.8 Å². The Labute approximate surface area is 229 Å². The van der Waals surface area contributed by atoms with Gasteiger partial charge in [-0.25, -0.2) is 0 Å². The number of thioether (sulfide) groups is 1. The van der Waals surface area contributed by atoms with Crippen LogP contribution < -0.4 is 19.5 Å². The molecule has 1 atom stereocenters. The van der Waals surface area contributed by atoms with Gasteiger partial charge in [0.2, 0.25) is 5.12 Å². The summed E-state index contributed by atoms with van der Waals surface area (Å²) >= 11 is 0.733. The van der Waals surface area contributed by atoms with Crippen LogP contribution in [0, 0.1) is 0 Å². The molecule has 3 aromatic carbocycles. The second-order valence-corrected chi connectivity index (χ2v) is 10.2. The number of hydrogen-bond acceptors (Lipinski definition) is 6. The summed E-state index contributed by atoms with van der Waals surface area (Å²) in [5.74, 6) is 3.37. The van der Waals surface area contributed by atoms with Gasteiger partial charge in [-0.2, -0.15) is 0 Å². The SMILES string of the molecule is CCCc1cc(Oc2ccccc2)ccc1OCCCCOc1ccc(C2NC(=O)SC2=O)cc1CCC. The van der Waals surface area contributed by atoms with E-state index in [1.165, 1.54) is 0 Å². The molecule has 1 fully saturated rings. The van der Waals surface area contributed by atoms with Gasteiger partial charge in [0.25, 0.3) is 5.24 Å². The van der Waals surface area contributed by atoms with Crippen LogP contribution in [0.25, 0.3) is 0 Å². The van der Waals surface area contributed by atoms with Gasteiger partial charge in [0.1, 0.15) is 29.0 Å². The molecule has 1 heterocycles. The second-order valence-electron chi connectivity index (χ2n) is 9.24. The van der Waals surface area contributed by atoms with Crippen molar-refractivity contribution in [3.8, 4) is 23.0 Å². The number of rotatable bonds is 14. The van der Waals surface area contributed by atoms with Crippen LogP contribution in [0.4, 0.5) is 4.79 Å². The summed E-state index contributed by atoms with van der Waals surface area (Å²) in [6.45, 7) is 5.46. The molecule has 0 saturated carbocycles. The van der Waals surface area contributed by atoms with Gasteiger partial charge >= 0.3 is 0 Å². The van der Waals surface area contributed by atoms with Crippen LogP contribution in [0.1, 0.15) is 62.3 Å². The molecule has 0 aromatic heterocycles. The molecule has 1 saturated heterocycles. The van der Waals surface area contributed by atoms with Crippen molar-refractivity contribution in [1.29, 1.82) is 0 Å². The zero-order chi connectivity index (χ0) is 26.7. The monoisotopic (exact) mass is 533 g/mol. The summed E-state index contributed by atoms with van der Waals surface area (Å²) in [4.78, 5) is 23.7. The fourth-order valence-electron chi connectivity index (χ4n) is 4.38. The first-order valence-corrected chi connectivity index (χ1v) is 14.2. The molecule has 1 aliphatic rings. The number of aryl methyl sites for hydroxylation is 2. The molecule has 0 aliphatic carbocycles. The molecule has 0 radical (unpaired) electrons. The Kier molecular flexibility index (Phi) is 10.1. The number of amides is 1. The predicted molar refractivity (Wildman–Crippen MR) is 151 cm³/mol. The van der Waals surface area contributed by atoms with Crippen LogP contribution in [0.5, 0.6) is 23.0 Å². The third-order valence-corrected chi connectivity index (χ3v) is 6.95. The van der Waals surface area contributed by atoms with Gasteiger partial charge in [0.15, 0.2) is 0 Å². The first-order chi connectivity index (χ1) is 18.6. The van der Waals surface area contributed by atoms with Crippen molar-refractivity contribution in [2.45, 2.75) is 58.4 Å². The summed E-state index contributed by atoms with van der Waals surface area (Å²) in [5, 5.41) is 2.27. The minimum Gasteiger partial charge on any atom is -0.493 e. The summed E-state index contributed by atoms with van der Waals surface area (Å²) in [6, 6.07) is 21.0. The van der Waals surface area contributed by atoms with Crippen molar-refractivity contribution in [2.24, 2.45) is 0 Å². The zero-order valence-electron chi connectivity index (χ0n) is 22.0. The molecule has 4 rings (SSSR count). The highest BCUT2D eigenvalue weighted by molar-refractivity contribution is 8.26. The molecule has 1 aliphatic heterocycles. The predicted octanol–water partition coefficient (Wildman–Crippen LogP) is 7.65. The molecule has 38 heavy (non-hydrogen) atoms. The van der Waals surface area contributed by atoms with Gasteiger partial charge in [-0.3, -0.25) is 9.59 Å².